The smallest absolute Gasteiger partial charge is 0.0681 e. The minimum atomic E-state index is 0.111. The van der Waals surface area contributed by atoms with Crippen molar-refractivity contribution in [1.82, 2.24) is 4.90 Å². The third-order valence-corrected chi connectivity index (χ3v) is 2.34. The Labute approximate surface area is 91.3 Å². The highest BCUT2D eigenvalue weighted by atomic mass is 16.5. The molecule has 3 heteroatoms. The second-order valence-corrected chi connectivity index (χ2v) is 3.71. The van der Waals surface area contributed by atoms with Gasteiger partial charge in [-0.3, -0.25) is 4.90 Å². The highest BCUT2D eigenvalue weighted by Gasteiger charge is 1.99. The number of aliphatic hydroxyl groups is 1. The van der Waals surface area contributed by atoms with E-state index in [0.717, 1.165) is 25.3 Å². The number of hydrogen-bond donors (Lipinski definition) is 1. The maximum atomic E-state index is 8.90. The molecule has 1 N–H and O–H groups in total. The molecular weight excluding hydrogens is 190 g/mol. The Bertz CT molecular complexity index is 271. The number of rotatable bonds is 6. The van der Waals surface area contributed by atoms with Crippen LogP contribution >= 0.6 is 0 Å². The van der Waals surface area contributed by atoms with Crippen molar-refractivity contribution in [3.63, 3.8) is 0 Å². The molecule has 0 atom stereocenters. The van der Waals surface area contributed by atoms with Crippen LogP contribution in [0.2, 0.25) is 0 Å². The maximum absolute atomic E-state index is 8.90. The molecule has 0 fully saturated rings. The quantitative estimate of drug-likeness (QED) is 0.765. The van der Waals surface area contributed by atoms with Crippen molar-refractivity contribution in [2.75, 3.05) is 27.3 Å². The van der Waals surface area contributed by atoms with Gasteiger partial charge in [-0.25, -0.2) is 0 Å². The van der Waals surface area contributed by atoms with Crippen LogP contribution in [0.3, 0.4) is 0 Å². The molecule has 0 saturated heterocycles. The molecule has 0 aliphatic carbocycles. The van der Waals surface area contributed by atoms with Crippen molar-refractivity contribution in [2.24, 2.45) is 0 Å². The molecule has 1 aromatic carbocycles. The predicted octanol–water partition coefficient (Wildman–Crippen LogP) is 1.26. The van der Waals surface area contributed by atoms with E-state index in [1.807, 2.05) is 12.1 Å². The first kappa shape index (κ1) is 12.2. The van der Waals surface area contributed by atoms with Gasteiger partial charge in [-0.05, 0) is 18.2 Å². The molecule has 1 aromatic rings. The maximum Gasteiger partial charge on any atom is 0.0681 e. The van der Waals surface area contributed by atoms with E-state index in [2.05, 4.69) is 24.1 Å². The van der Waals surface area contributed by atoms with Gasteiger partial charge in [-0.1, -0.05) is 24.3 Å². The van der Waals surface area contributed by atoms with Crippen LogP contribution in [0.1, 0.15) is 11.1 Å². The topological polar surface area (TPSA) is 32.7 Å². The first-order chi connectivity index (χ1) is 7.26. The number of likely N-dealkylation sites (N-methyl/N-ethyl adjacent to an activating group) is 1. The van der Waals surface area contributed by atoms with Crippen molar-refractivity contribution in [3.8, 4) is 0 Å². The Morgan fingerprint density at radius 1 is 1.20 bits per heavy atom. The second-order valence-electron chi connectivity index (χ2n) is 3.71. The van der Waals surface area contributed by atoms with Gasteiger partial charge in [-0.15, -0.1) is 0 Å². The van der Waals surface area contributed by atoms with E-state index in [0.29, 0.717) is 0 Å². The third-order valence-electron chi connectivity index (χ3n) is 2.34. The Morgan fingerprint density at radius 3 is 2.33 bits per heavy atom. The lowest BCUT2D eigenvalue weighted by Gasteiger charge is -2.16. The van der Waals surface area contributed by atoms with E-state index in [4.69, 9.17) is 9.84 Å². The van der Waals surface area contributed by atoms with Gasteiger partial charge in [0.15, 0.2) is 0 Å². The number of nitrogens with zero attached hydrogens (tertiary/aromatic N) is 1. The first-order valence-corrected chi connectivity index (χ1v) is 5.12. The average molecular weight is 209 g/mol. The zero-order chi connectivity index (χ0) is 11.1. The van der Waals surface area contributed by atoms with Gasteiger partial charge in [0.1, 0.15) is 0 Å². The number of aliphatic hydroxyl groups excluding tert-OH is 1. The van der Waals surface area contributed by atoms with Crippen LogP contribution in [-0.2, 0) is 17.9 Å². The van der Waals surface area contributed by atoms with Gasteiger partial charge < -0.3 is 9.84 Å². The molecule has 0 amide bonds. The Hall–Kier alpha value is -0.900. The predicted molar refractivity (Wildman–Crippen MR) is 60.6 cm³/mol. The molecule has 0 aliphatic heterocycles. The summed E-state index contributed by atoms with van der Waals surface area (Å²) in [5.74, 6) is 0. The van der Waals surface area contributed by atoms with E-state index >= 15 is 0 Å². The number of hydrogen-bond acceptors (Lipinski definition) is 3. The molecule has 1 rings (SSSR count). The first-order valence-electron chi connectivity index (χ1n) is 5.12. The molecule has 3 nitrogen and oxygen atoms in total. The van der Waals surface area contributed by atoms with Crippen LogP contribution < -0.4 is 0 Å². The Morgan fingerprint density at radius 2 is 1.80 bits per heavy atom. The zero-order valence-corrected chi connectivity index (χ0v) is 9.44. The summed E-state index contributed by atoms with van der Waals surface area (Å²) >= 11 is 0. The monoisotopic (exact) mass is 209 g/mol. The number of ether oxygens (including phenoxy) is 1. The van der Waals surface area contributed by atoms with E-state index in [1.165, 1.54) is 5.56 Å². The average Bonchev–Trinajstić information content (AvgIpc) is 2.27. The number of benzene rings is 1. The fourth-order valence-electron chi connectivity index (χ4n) is 1.39. The van der Waals surface area contributed by atoms with Crippen LogP contribution in [0.15, 0.2) is 24.3 Å². The lowest BCUT2D eigenvalue weighted by atomic mass is 10.1. The fraction of sp³-hybridized carbons (Fsp3) is 0.500. The second kappa shape index (κ2) is 6.56. The third kappa shape index (κ3) is 4.42. The van der Waals surface area contributed by atoms with Crippen molar-refractivity contribution < 1.29 is 9.84 Å². The summed E-state index contributed by atoms with van der Waals surface area (Å²) in [4.78, 5) is 2.21. The normalized spacial score (nSPS) is 10.9. The summed E-state index contributed by atoms with van der Waals surface area (Å²) in [7, 11) is 3.78. The SMILES string of the molecule is COCCN(C)Cc1ccc(CO)cc1. The van der Waals surface area contributed by atoms with E-state index in [9.17, 15) is 0 Å². The van der Waals surface area contributed by atoms with Crippen molar-refractivity contribution >= 4 is 0 Å². The Kier molecular flexibility index (Phi) is 5.32. The fourth-order valence-corrected chi connectivity index (χ4v) is 1.39. The lowest BCUT2D eigenvalue weighted by molar-refractivity contribution is 0.158. The molecule has 0 saturated carbocycles. The Balaban J connectivity index is 2.42. The molecular formula is C12H19NO2. The summed E-state index contributed by atoms with van der Waals surface area (Å²) < 4.78 is 5.01. The van der Waals surface area contributed by atoms with Crippen LogP contribution in [0, 0.1) is 0 Å². The highest BCUT2D eigenvalue weighted by molar-refractivity contribution is 5.21. The molecule has 0 spiro atoms. The van der Waals surface area contributed by atoms with Crippen LogP contribution in [0.4, 0.5) is 0 Å². The summed E-state index contributed by atoms with van der Waals surface area (Å²) in [6, 6.07) is 8.02. The molecule has 0 bridgehead atoms. The van der Waals surface area contributed by atoms with Gasteiger partial charge in [0.25, 0.3) is 0 Å². The van der Waals surface area contributed by atoms with Gasteiger partial charge in [0.05, 0.1) is 13.2 Å². The summed E-state index contributed by atoms with van der Waals surface area (Å²) in [6.07, 6.45) is 0. The van der Waals surface area contributed by atoms with Crippen LogP contribution in [0.5, 0.6) is 0 Å². The minimum absolute atomic E-state index is 0.111. The van der Waals surface area contributed by atoms with Gasteiger partial charge in [-0.2, -0.15) is 0 Å². The van der Waals surface area contributed by atoms with Crippen molar-refractivity contribution in [2.45, 2.75) is 13.2 Å². The number of methoxy groups -OCH3 is 1. The molecule has 84 valence electrons. The molecule has 0 unspecified atom stereocenters. The lowest BCUT2D eigenvalue weighted by Crippen LogP contribution is -2.22. The molecule has 0 aliphatic rings. The summed E-state index contributed by atoms with van der Waals surface area (Å²) in [6.45, 7) is 2.71. The van der Waals surface area contributed by atoms with E-state index < -0.39 is 0 Å². The van der Waals surface area contributed by atoms with E-state index in [1.54, 1.807) is 7.11 Å². The van der Waals surface area contributed by atoms with E-state index in [-0.39, 0.29) is 6.61 Å². The summed E-state index contributed by atoms with van der Waals surface area (Å²) in [5, 5.41) is 8.90. The zero-order valence-electron chi connectivity index (χ0n) is 9.44. The molecule has 15 heavy (non-hydrogen) atoms. The molecule has 0 aromatic heterocycles. The van der Waals surface area contributed by atoms with Gasteiger partial charge in [0.2, 0.25) is 0 Å². The molecule has 0 radical (unpaired) electrons. The van der Waals surface area contributed by atoms with Gasteiger partial charge >= 0.3 is 0 Å². The van der Waals surface area contributed by atoms with Crippen molar-refractivity contribution in [3.05, 3.63) is 35.4 Å². The highest BCUT2D eigenvalue weighted by Crippen LogP contribution is 2.06. The largest absolute Gasteiger partial charge is 0.392 e. The minimum Gasteiger partial charge on any atom is -0.392 e. The van der Waals surface area contributed by atoms with Crippen LogP contribution in [0.25, 0.3) is 0 Å². The summed E-state index contributed by atoms with van der Waals surface area (Å²) in [5.41, 5.74) is 2.21. The molecule has 0 heterocycles. The van der Waals surface area contributed by atoms with Crippen LogP contribution in [-0.4, -0.2) is 37.3 Å². The standard InChI is InChI=1S/C12H19NO2/c1-13(7-8-15-2)9-11-3-5-12(10-14)6-4-11/h3-6,14H,7-10H2,1-2H3. The van der Waals surface area contributed by atoms with Crippen molar-refractivity contribution in [1.29, 1.82) is 0 Å². The van der Waals surface area contributed by atoms with Gasteiger partial charge in [0, 0.05) is 20.2 Å².